The van der Waals surface area contributed by atoms with Gasteiger partial charge in [0.05, 0.1) is 12.3 Å². The molecule has 1 aromatic heterocycles. The van der Waals surface area contributed by atoms with E-state index in [0.717, 1.165) is 34.8 Å². The zero-order valence-corrected chi connectivity index (χ0v) is 11.4. The Bertz CT molecular complexity index is 524. The van der Waals surface area contributed by atoms with Gasteiger partial charge in [-0.2, -0.15) is 0 Å². The van der Waals surface area contributed by atoms with Crippen molar-refractivity contribution in [3.8, 4) is 16.9 Å². The minimum absolute atomic E-state index is 0.675. The molecule has 1 heterocycles. The van der Waals surface area contributed by atoms with E-state index in [2.05, 4.69) is 30.3 Å². The van der Waals surface area contributed by atoms with E-state index in [1.807, 2.05) is 20.8 Å². The van der Waals surface area contributed by atoms with Crippen molar-refractivity contribution in [2.24, 2.45) is 0 Å². The van der Waals surface area contributed by atoms with Gasteiger partial charge in [0.1, 0.15) is 11.5 Å². The van der Waals surface area contributed by atoms with E-state index < -0.39 is 0 Å². The van der Waals surface area contributed by atoms with Crippen molar-refractivity contribution in [3.63, 3.8) is 0 Å². The summed E-state index contributed by atoms with van der Waals surface area (Å²) in [5, 5.41) is 4.01. The molecule has 96 valence electrons. The maximum absolute atomic E-state index is 5.62. The minimum atomic E-state index is 0.675. The van der Waals surface area contributed by atoms with Crippen LogP contribution in [0.5, 0.6) is 5.75 Å². The molecular weight excluding hydrogens is 226 g/mol. The molecule has 2 rings (SSSR count). The van der Waals surface area contributed by atoms with Crippen molar-refractivity contribution in [1.82, 2.24) is 5.16 Å². The van der Waals surface area contributed by atoms with Crippen molar-refractivity contribution < 1.29 is 9.26 Å². The van der Waals surface area contributed by atoms with Gasteiger partial charge in [0.2, 0.25) is 0 Å². The third-order valence-electron chi connectivity index (χ3n) is 3.01. The second kappa shape index (κ2) is 5.25. The molecule has 0 saturated heterocycles. The van der Waals surface area contributed by atoms with Crippen LogP contribution in [0.15, 0.2) is 22.7 Å². The summed E-state index contributed by atoms with van der Waals surface area (Å²) in [5.74, 6) is 1.76. The molecule has 0 aliphatic carbocycles. The normalized spacial score (nSPS) is 10.7. The van der Waals surface area contributed by atoms with Crippen LogP contribution >= 0.6 is 0 Å². The van der Waals surface area contributed by atoms with Crippen molar-refractivity contribution in [2.45, 2.75) is 34.1 Å². The number of aromatic nitrogens is 1. The Morgan fingerprint density at radius 3 is 2.50 bits per heavy atom. The first kappa shape index (κ1) is 12.7. The number of benzene rings is 1. The average Bonchev–Trinajstić information content (AvgIpc) is 2.69. The summed E-state index contributed by atoms with van der Waals surface area (Å²) >= 11 is 0. The summed E-state index contributed by atoms with van der Waals surface area (Å²) in [6.45, 7) is 8.71. The molecule has 3 nitrogen and oxygen atoms in total. The van der Waals surface area contributed by atoms with E-state index in [1.165, 1.54) is 5.56 Å². The molecule has 2 aromatic rings. The van der Waals surface area contributed by atoms with Crippen LogP contribution in [0.1, 0.15) is 30.9 Å². The van der Waals surface area contributed by atoms with E-state index in [-0.39, 0.29) is 0 Å². The first-order chi connectivity index (χ1) is 8.65. The summed E-state index contributed by atoms with van der Waals surface area (Å²) in [7, 11) is 0. The first-order valence-corrected chi connectivity index (χ1v) is 6.35. The summed E-state index contributed by atoms with van der Waals surface area (Å²) in [4.78, 5) is 0. The largest absolute Gasteiger partial charge is 0.494 e. The van der Waals surface area contributed by atoms with Crippen LogP contribution < -0.4 is 4.74 Å². The average molecular weight is 245 g/mol. The highest BCUT2D eigenvalue weighted by molar-refractivity contribution is 5.69. The van der Waals surface area contributed by atoms with Gasteiger partial charge in [-0.05, 0) is 50.5 Å². The number of ether oxygens (including phenoxy) is 1. The summed E-state index contributed by atoms with van der Waals surface area (Å²) < 4.78 is 10.8. The molecule has 0 radical (unpaired) electrons. The lowest BCUT2D eigenvalue weighted by atomic mass is 10.0. The van der Waals surface area contributed by atoms with Crippen LogP contribution in [0, 0.1) is 13.8 Å². The number of rotatable bonds is 4. The Morgan fingerprint density at radius 1 is 1.17 bits per heavy atom. The van der Waals surface area contributed by atoms with Gasteiger partial charge in [-0.15, -0.1) is 0 Å². The molecule has 18 heavy (non-hydrogen) atoms. The fraction of sp³-hybridized carbons (Fsp3) is 0.400. The van der Waals surface area contributed by atoms with Gasteiger partial charge >= 0.3 is 0 Å². The van der Waals surface area contributed by atoms with Crippen molar-refractivity contribution >= 4 is 0 Å². The molecule has 0 N–H and O–H groups in total. The molecule has 1 aromatic carbocycles. The van der Waals surface area contributed by atoms with Gasteiger partial charge in [0.25, 0.3) is 0 Å². The van der Waals surface area contributed by atoms with E-state index in [1.54, 1.807) is 0 Å². The van der Waals surface area contributed by atoms with Crippen LogP contribution in [-0.2, 0) is 6.42 Å². The number of hydrogen-bond donors (Lipinski definition) is 0. The number of aryl methyl sites for hydroxylation is 3. The monoisotopic (exact) mass is 245 g/mol. The molecule has 0 spiro atoms. The third kappa shape index (κ3) is 2.40. The highest BCUT2D eigenvalue weighted by Gasteiger charge is 2.13. The zero-order valence-electron chi connectivity index (χ0n) is 11.4. The van der Waals surface area contributed by atoms with Crippen LogP contribution in [-0.4, -0.2) is 11.8 Å². The molecule has 0 aliphatic rings. The lowest BCUT2D eigenvalue weighted by molar-refractivity contribution is 0.340. The lowest BCUT2D eigenvalue weighted by Gasteiger charge is -2.09. The zero-order chi connectivity index (χ0) is 13.1. The standard InChI is InChI=1S/C15H19NO2/c1-5-12-7-13(9-14(8-12)17-6-2)15-10(3)16-18-11(15)4/h7-9H,5-6H2,1-4H3. The molecule has 0 atom stereocenters. The summed E-state index contributed by atoms with van der Waals surface area (Å²) in [5.41, 5.74) is 4.37. The Labute approximate surface area is 108 Å². The molecule has 0 unspecified atom stereocenters. The van der Waals surface area contributed by atoms with Crippen molar-refractivity contribution in [1.29, 1.82) is 0 Å². The maximum Gasteiger partial charge on any atom is 0.141 e. The highest BCUT2D eigenvalue weighted by atomic mass is 16.5. The van der Waals surface area contributed by atoms with Crippen molar-refractivity contribution in [2.75, 3.05) is 6.61 Å². The van der Waals surface area contributed by atoms with Crippen LogP contribution in [0.3, 0.4) is 0 Å². The van der Waals surface area contributed by atoms with Gasteiger partial charge < -0.3 is 9.26 Å². The van der Waals surface area contributed by atoms with Gasteiger partial charge in [0, 0.05) is 5.56 Å². The van der Waals surface area contributed by atoms with Crippen LogP contribution in [0.25, 0.3) is 11.1 Å². The second-order valence-corrected chi connectivity index (χ2v) is 4.35. The first-order valence-electron chi connectivity index (χ1n) is 6.35. The fourth-order valence-electron chi connectivity index (χ4n) is 2.15. The second-order valence-electron chi connectivity index (χ2n) is 4.35. The molecule has 0 fully saturated rings. The van der Waals surface area contributed by atoms with E-state index >= 15 is 0 Å². The molecule has 0 aliphatic heterocycles. The Morgan fingerprint density at radius 2 is 1.94 bits per heavy atom. The Hall–Kier alpha value is -1.77. The van der Waals surface area contributed by atoms with E-state index in [4.69, 9.17) is 9.26 Å². The number of hydrogen-bond acceptors (Lipinski definition) is 3. The molecule has 0 bridgehead atoms. The predicted molar refractivity (Wildman–Crippen MR) is 72.0 cm³/mol. The SMILES string of the molecule is CCOc1cc(CC)cc(-c2c(C)noc2C)c1. The van der Waals surface area contributed by atoms with Gasteiger partial charge in [-0.1, -0.05) is 18.1 Å². The Kier molecular flexibility index (Phi) is 3.70. The van der Waals surface area contributed by atoms with E-state index in [0.29, 0.717) is 6.61 Å². The smallest absolute Gasteiger partial charge is 0.141 e. The summed E-state index contributed by atoms with van der Waals surface area (Å²) in [6.07, 6.45) is 0.983. The molecule has 3 heteroatoms. The topological polar surface area (TPSA) is 35.3 Å². The number of nitrogens with zero attached hydrogens (tertiary/aromatic N) is 1. The lowest BCUT2D eigenvalue weighted by Crippen LogP contribution is -1.94. The fourth-order valence-corrected chi connectivity index (χ4v) is 2.15. The maximum atomic E-state index is 5.62. The molecular formula is C15H19NO2. The minimum Gasteiger partial charge on any atom is -0.494 e. The quantitative estimate of drug-likeness (QED) is 0.819. The van der Waals surface area contributed by atoms with Gasteiger partial charge in [0.15, 0.2) is 0 Å². The molecule has 0 saturated carbocycles. The van der Waals surface area contributed by atoms with E-state index in [9.17, 15) is 0 Å². The Balaban J connectivity index is 2.53. The van der Waals surface area contributed by atoms with Gasteiger partial charge in [-0.3, -0.25) is 0 Å². The van der Waals surface area contributed by atoms with Gasteiger partial charge in [-0.25, -0.2) is 0 Å². The highest BCUT2D eigenvalue weighted by Crippen LogP contribution is 2.31. The summed E-state index contributed by atoms with van der Waals surface area (Å²) in [6, 6.07) is 6.31. The van der Waals surface area contributed by atoms with Crippen molar-refractivity contribution in [3.05, 3.63) is 35.2 Å². The third-order valence-corrected chi connectivity index (χ3v) is 3.01. The van der Waals surface area contributed by atoms with Crippen LogP contribution in [0.4, 0.5) is 0 Å². The van der Waals surface area contributed by atoms with Crippen LogP contribution in [0.2, 0.25) is 0 Å². The molecule has 0 amide bonds. The predicted octanol–water partition coefficient (Wildman–Crippen LogP) is 3.92.